The van der Waals surface area contributed by atoms with Gasteiger partial charge in [-0.25, -0.2) is 0 Å². The summed E-state index contributed by atoms with van der Waals surface area (Å²) < 4.78 is 6.05. The summed E-state index contributed by atoms with van der Waals surface area (Å²) in [7, 11) is 0. The Morgan fingerprint density at radius 2 is 1.52 bits per heavy atom. The van der Waals surface area contributed by atoms with E-state index in [1.807, 2.05) is 12.1 Å². The van der Waals surface area contributed by atoms with E-state index in [0.717, 1.165) is 11.4 Å². The van der Waals surface area contributed by atoms with Gasteiger partial charge in [0.15, 0.2) is 0 Å². The van der Waals surface area contributed by atoms with Crippen molar-refractivity contribution in [3.63, 3.8) is 0 Å². The molecule has 0 saturated carbocycles. The van der Waals surface area contributed by atoms with Gasteiger partial charge in [0.1, 0.15) is 12.4 Å². The van der Waals surface area contributed by atoms with Crippen molar-refractivity contribution >= 4 is 17.1 Å². The van der Waals surface area contributed by atoms with E-state index in [1.165, 1.54) is 28.1 Å². The van der Waals surface area contributed by atoms with Crippen molar-refractivity contribution in [2.45, 2.75) is 20.5 Å². The zero-order chi connectivity index (χ0) is 15.8. The molecule has 4 rings (SSSR count). The molecular formula is C21H19NO. The maximum atomic E-state index is 6.05. The lowest BCUT2D eigenvalue weighted by Gasteiger charge is -2.27. The van der Waals surface area contributed by atoms with Crippen LogP contribution in [0.25, 0.3) is 0 Å². The maximum Gasteiger partial charge on any atom is 0.143 e. The average molecular weight is 301 g/mol. The number of benzene rings is 3. The molecule has 3 aromatic rings. The van der Waals surface area contributed by atoms with Crippen LogP contribution in [0, 0.1) is 13.8 Å². The summed E-state index contributed by atoms with van der Waals surface area (Å²) in [5.41, 5.74) is 7.20. The van der Waals surface area contributed by atoms with Crippen molar-refractivity contribution in [3.05, 3.63) is 83.4 Å². The van der Waals surface area contributed by atoms with Gasteiger partial charge in [0.2, 0.25) is 0 Å². The van der Waals surface area contributed by atoms with Crippen molar-refractivity contribution < 1.29 is 4.74 Å². The molecule has 0 aromatic heterocycles. The van der Waals surface area contributed by atoms with Crippen LogP contribution in [0.3, 0.4) is 0 Å². The molecule has 114 valence electrons. The largest absolute Gasteiger partial charge is 0.487 e. The normalized spacial score (nSPS) is 12.9. The first-order valence-electron chi connectivity index (χ1n) is 7.91. The van der Waals surface area contributed by atoms with Crippen LogP contribution < -0.4 is 9.64 Å². The second kappa shape index (κ2) is 5.47. The molecule has 0 unspecified atom stereocenters. The Kier molecular flexibility index (Phi) is 3.30. The minimum atomic E-state index is 0.592. The minimum absolute atomic E-state index is 0.592. The number of hydrogen-bond acceptors (Lipinski definition) is 2. The molecule has 3 aromatic carbocycles. The van der Waals surface area contributed by atoms with E-state index < -0.39 is 0 Å². The number of rotatable bonds is 1. The van der Waals surface area contributed by atoms with Gasteiger partial charge in [-0.15, -0.1) is 0 Å². The van der Waals surface area contributed by atoms with Gasteiger partial charge in [-0.05, 0) is 43.7 Å². The Hall–Kier alpha value is -2.74. The van der Waals surface area contributed by atoms with E-state index in [4.69, 9.17) is 4.74 Å². The second-order valence-corrected chi connectivity index (χ2v) is 6.01. The fourth-order valence-electron chi connectivity index (χ4n) is 3.22. The summed E-state index contributed by atoms with van der Waals surface area (Å²) in [6, 6.07) is 23.3. The standard InChI is InChI=1S/C21H19NO/c1-15-11-12-18(16(2)13-15)22-19-8-4-3-7-17(19)14-23-21-10-6-5-9-20(21)22/h3-13H,14H2,1-2H3. The molecule has 0 bridgehead atoms. The van der Waals surface area contributed by atoms with Gasteiger partial charge in [0.05, 0.1) is 11.4 Å². The second-order valence-electron chi connectivity index (χ2n) is 6.01. The number of ether oxygens (including phenoxy) is 1. The Bertz CT molecular complexity index is 822. The summed E-state index contributed by atoms with van der Waals surface area (Å²) in [5.74, 6) is 0.920. The van der Waals surface area contributed by atoms with E-state index in [2.05, 4.69) is 73.3 Å². The summed E-state index contributed by atoms with van der Waals surface area (Å²) in [6.45, 7) is 4.89. The van der Waals surface area contributed by atoms with Gasteiger partial charge < -0.3 is 9.64 Å². The van der Waals surface area contributed by atoms with Gasteiger partial charge in [0.25, 0.3) is 0 Å². The molecule has 0 radical (unpaired) electrons. The monoisotopic (exact) mass is 301 g/mol. The van der Waals surface area contributed by atoms with Crippen LogP contribution in [0.15, 0.2) is 66.7 Å². The van der Waals surface area contributed by atoms with Crippen LogP contribution in [0.4, 0.5) is 17.1 Å². The summed E-state index contributed by atoms with van der Waals surface area (Å²) >= 11 is 0. The van der Waals surface area contributed by atoms with Crippen LogP contribution in [0.1, 0.15) is 16.7 Å². The molecule has 1 aliphatic heterocycles. The zero-order valence-electron chi connectivity index (χ0n) is 13.4. The Balaban J connectivity index is 2.00. The number of nitrogens with zero attached hydrogens (tertiary/aromatic N) is 1. The van der Waals surface area contributed by atoms with Gasteiger partial charge in [-0.2, -0.15) is 0 Å². The first-order valence-corrected chi connectivity index (χ1v) is 7.91. The van der Waals surface area contributed by atoms with E-state index in [0.29, 0.717) is 6.61 Å². The third-order valence-electron chi connectivity index (χ3n) is 4.32. The molecule has 0 spiro atoms. The molecule has 0 N–H and O–H groups in total. The maximum absolute atomic E-state index is 6.05. The average Bonchev–Trinajstić information content (AvgIpc) is 2.72. The molecule has 0 fully saturated rings. The van der Waals surface area contributed by atoms with Crippen LogP contribution in [-0.4, -0.2) is 0 Å². The first kappa shape index (κ1) is 13.9. The summed E-state index contributed by atoms with van der Waals surface area (Å²) in [6.07, 6.45) is 0. The predicted molar refractivity (Wildman–Crippen MR) is 94.9 cm³/mol. The van der Waals surface area contributed by atoms with E-state index in [9.17, 15) is 0 Å². The summed E-state index contributed by atoms with van der Waals surface area (Å²) in [5, 5.41) is 0. The highest BCUT2D eigenvalue weighted by Crippen LogP contribution is 2.45. The molecule has 0 aliphatic carbocycles. The third-order valence-corrected chi connectivity index (χ3v) is 4.32. The Labute approximate surface area is 137 Å². The molecule has 0 atom stereocenters. The van der Waals surface area contributed by atoms with Gasteiger partial charge >= 0.3 is 0 Å². The smallest absolute Gasteiger partial charge is 0.143 e. The van der Waals surface area contributed by atoms with Crippen molar-refractivity contribution in [2.75, 3.05) is 4.90 Å². The van der Waals surface area contributed by atoms with Crippen LogP contribution >= 0.6 is 0 Å². The number of fused-ring (bicyclic) bond motifs is 2. The Morgan fingerprint density at radius 3 is 2.35 bits per heavy atom. The zero-order valence-corrected chi connectivity index (χ0v) is 13.4. The lowest BCUT2D eigenvalue weighted by Crippen LogP contribution is -2.12. The van der Waals surface area contributed by atoms with Crippen molar-refractivity contribution in [1.29, 1.82) is 0 Å². The van der Waals surface area contributed by atoms with Gasteiger partial charge in [0, 0.05) is 11.3 Å². The predicted octanol–water partition coefficient (Wildman–Crippen LogP) is 5.67. The molecule has 1 aliphatic rings. The van der Waals surface area contributed by atoms with Crippen LogP contribution in [0.2, 0.25) is 0 Å². The highest BCUT2D eigenvalue weighted by Gasteiger charge is 2.23. The molecule has 2 heteroatoms. The lowest BCUT2D eigenvalue weighted by atomic mass is 10.1. The summed E-state index contributed by atoms with van der Waals surface area (Å²) in [4.78, 5) is 2.31. The number of hydrogen-bond donors (Lipinski definition) is 0. The van der Waals surface area contributed by atoms with Crippen molar-refractivity contribution in [1.82, 2.24) is 0 Å². The van der Waals surface area contributed by atoms with E-state index in [1.54, 1.807) is 0 Å². The van der Waals surface area contributed by atoms with Crippen LogP contribution in [-0.2, 0) is 6.61 Å². The topological polar surface area (TPSA) is 12.5 Å². The lowest BCUT2D eigenvalue weighted by molar-refractivity contribution is 0.310. The fourth-order valence-corrected chi connectivity index (χ4v) is 3.22. The number of aryl methyl sites for hydroxylation is 2. The first-order chi connectivity index (χ1) is 11.2. The SMILES string of the molecule is Cc1ccc(N2c3ccccc3COc3ccccc32)c(C)c1. The fraction of sp³-hybridized carbons (Fsp3) is 0.143. The van der Waals surface area contributed by atoms with Crippen LogP contribution in [0.5, 0.6) is 5.75 Å². The Morgan fingerprint density at radius 1 is 0.783 bits per heavy atom. The van der Waals surface area contributed by atoms with Crippen molar-refractivity contribution in [3.8, 4) is 5.75 Å². The van der Waals surface area contributed by atoms with E-state index >= 15 is 0 Å². The number of anilines is 3. The quantitative estimate of drug-likeness (QED) is 0.574. The highest BCUT2D eigenvalue weighted by atomic mass is 16.5. The third kappa shape index (κ3) is 2.36. The minimum Gasteiger partial charge on any atom is -0.487 e. The molecule has 2 nitrogen and oxygen atoms in total. The molecule has 1 heterocycles. The molecule has 0 saturated heterocycles. The van der Waals surface area contributed by atoms with E-state index in [-0.39, 0.29) is 0 Å². The number of para-hydroxylation sites is 3. The molecule has 0 amide bonds. The van der Waals surface area contributed by atoms with Gasteiger partial charge in [-0.1, -0.05) is 48.0 Å². The van der Waals surface area contributed by atoms with Crippen molar-refractivity contribution in [2.24, 2.45) is 0 Å². The molecular weight excluding hydrogens is 282 g/mol. The van der Waals surface area contributed by atoms with Gasteiger partial charge in [-0.3, -0.25) is 0 Å². The highest BCUT2D eigenvalue weighted by molar-refractivity contribution is 5.83. The molecule has 23 heavy (non-hydrogen) atoms.